The van der Waals surface area contributed by atoms with E-state index >= 15 is 0 Å². The molecule has 4 nitrogen and oxygen atoms in total. The van der Waals surface area contributed by atoms with E-state index in [0.29, 0.717) is 16.9 Å². The van der Waals surface area contributed by atoms with Crippen LogP contribution in [-0.4, -0.2) is 16.9 Å². The summed E-state index contributed by atoms with van der Waals surface area (Å²) < 4.78 is 6.29. The third kappa shape index (κ3) is 1.95. The monoisotopic (exact) mass is 287 g/mol. The van der Waals surface area contributed by atoms with Crippen molar-refractivity contribution in [2.75, 3.05) is 0 Å². The second kappa shape index (κ2) is 4.46. The Morgan fingerprint density at radius 3 is 2.62 bits per heavy atom. The molecule has 2 aliphatic rings. The zero-order valence-electron chi connectivity index (χ0n) is 13.4. The lowest BCUT2D eigenvalue weighted by Gasteiger charge is -2.38. The van der Waals surface area contributed by atoms with Crippen molar-refractivity contribution in [3.05, 3.63) is 23.4 Å². The normalized spacial score (nSPS) is 33.1. The zero-order valence-corrected chi connectivity index (χ0v) is 13.4. The molecular formula is C17H25N3O. The first kappa shape index (κ1) is 14.4. The summed E-state index contributed by atoms with van der Waals surface area (Å²) in [7, 11) is 0. The van der Waals surface area contributed by atoms with Gasteiger partial charge in [-0.3, -0.25) is 5.41 Å². The number of nitrogens with one attached hydrogen (secondary N) is 1. The lowest BCUT2D eigenvalue weighted by Crippen LogP contribution is -2.39. The van der Waals surface area contributed by atoms with Crippen LogP contribution >= 0.6 is 0 Å². The minimum Gasteiger partial charge on any atom is -0.473 e. The van der Waals surface area contributed by atoms with E-state index in [-0.39, 0.29) is 17.4 Å². The van der Waals surface area contributed by atoms with Gasteiger partial charge < -0.3 is 10.5 Å². The summed E-state index contributed by atoms with van der Waals surface area (Å²) in [5.74, 6) is 1.26. The largest absolute Gasteiger partial charge is 0.473 e. The Morgan fingerprint density at radius 2 is 2.10 bits per heavy atom. The van der Waals surface area contributed by atoms with Crippen molar-refractivity contribution in [3.63, 3.8) is 0 Å². The van der Waals surface area contributed by atoms with Crippen LogP contribution < -0.4 is 10.5 Å². The molecule has 21 heavy (non-hydrogen) atoms. The van der Waals surface area contributed by atoms with Crippen molar-refractivity contribution < 1.29 is 4.74 Å². The molecule has 4 heteroatoms. The molecule has 0 spiro atoms. The van der Waals surface area contributed by atoms with Crippen molar-refractivity contribution in [1.82, 2.24) is 4.98 Å². The van der Waals surface area contributed by atoms with Gasteiger partial charge in [-0.15, -0.1) is 0 Å². The molecule has 114 valence electrons. The Balaban J connectivity index is 1.92. The SMILES string of the molecule is Cc1ccc(C(=N)N)c(OC2CC3CCC2(C)C3(C)C)n1. The number of aryl methyl sites for hydroxylation is 1. The fourth-order valence-electron chi connectivity index (χ4n) is 4.27. The van der Waals surface area contributed by atoms with Gasteiger partial charge in [0.05, 0.1) is 5.56 Å². The lowest BCUT2D eigenvalue weighted by atomic mass is 9.70. The van der Waals surface area contributed by atoms with Crippen LogP contribution in [0.4, 0.5) is 0 Å². The average molecular weight is 287 g/mol. The number of hydrogen-bond acceptors (Lipinski definition) is 3. The highest BCUT2D eigenvalue weighted by molar-refractivity contribution is 5.97. The summed E-state index contributed by atoms with van der Waals surface area (Å²) in [5.41, 5.74) is 7.64. The van der Waals surface area contributed by atoms with Gasteiger partial charge in [0, 0.05) is 11.1 Å². The summed E-state index contributed by atoms with van der Waals surface area (Å²) in [6, 6.07) is 3.71. The fourth-order valence-corrected chi connectivity index (χ4v) is 4.27. The van der Waals surface area contributed by atoms with Gasteiger partial charge in [0.1, 0.15) is 11.9 Å². The lowest BCUT2D eigenvalue weighted by molar-refractivity contribution is 0.0271. The highest BCUT2D eigenvalue weighted by Gasteiger charge is 2.62. The Morgan fingerprint density at radius 1 is 1.38 bits per heavy atom. The molecule has 3 N–H and O–H groups in total. The molecule has 2 fully saturated rings. The summed E-state index contributed by atoms with van der Waals surface area (Å²) in [6.07, 6.45) is 3.75. The first-order chi connectivity index (χ1) is 9.75. The number of fused-ring (bicyclic) bond motifs is 2. The van der Waals surface area contributed by atoms with E-state index in [4.69, 9.17) is 15.9 Å². The maximum Gasteiger partial charge on any atom is 0.225 e. The van der Waals surface area contributed by atoms with Crippen LogP contribution in [0.2, 0.25) is 0 Å². The average Bonchev–Trinajstić information content (AvgIpc) is 2.71. The van der Waals surface area contributed by atoms with Crippen LogP contribution in [0.5, 0.6) is 5.88 Å². The molecule has 3 rings (SSSR count). The maximum absolute atomic E-state index is 7.71. The summed E-state index contributed by atoms with van der Waals surface area (Å²) in [6.45, 7) is 9.00. The number of nitrogen functional groups attached to an aromatic ring is 1. The molecule has 1 aromatic rings. The predicted octanol–water partition coefficient (Wildman–Crippen LogP) is 3.27. The molecule has 2 saturated carbocycles. The number of rotatable bonds is 3. The van der Waals surface area contributed by atoms with Crippen molar-refractivity contribution >= 4 is 5.84 Å². The quantitative estimate of drug-likeness (QED) is 0.662. The van der Waals surface area contributed by atoms with Gasteiger partial charge in [-0.1, -0.05) is 20.8 Å². The van der Waals surface area contributed by atoms with E-state index in [2.05, 4.69) is 25.8 Å². The molecule has 1 heterocycles. The third-order valence-corrected chi connectivity index (χ3v) is 6.26. The van der Waals surface area contributed by atoms with E-state index in [1.54, 1.807) is 0 Å². The maximum atomic E-state index is 7.71. The Kier molecular flexibility index (Phi) is 3.05. The molecule has 0 amide bonds. The van der Waals surface area contributed by atoms with Crippen molar-refractivity contribution in [1.29, 1.82) is 5.41 Å². The molecule has 2 aliphatic carbocycles. The minimum absolute atomic E-state index is 0.0186. The van der Waals surface area contributed by atoms with Crippen LogP contribution in [0, 0.1) is 29.1 Å². The van der Waals surface area contributed by atoms with Crippen LogP contribution in [0.15, 0.2) is 12.1 Å². The number of nitrogens with two attached hydrogens (primary N) is 1. The molecule has 0 saturated heterocycles. The number of amidine groups is 1. The number of hydrogen-bond donors (Lipinski definition) is 2. The topological polar surface area (TPSA) is 72.0 Å². The number of ether oxygens (including phenoxy) is 1. The van der Waals surface area contributed by atoms with Crippen LogP contribution in [0.1, 0.15) is 51.3 Å². The van der Waals surface area contributed by atoms with Gasteiger partial charge in [0.2, 0.25) is 5.88 Å². The van der Waals surface area contributed by atoms with Gasteiger partial charge in [-0.2, -0.15) is 0 Å². The van der Waals surface area contributed by atoms with Gasteiger partial charge >= 0.3 is 0 Å². The Labute approximate surface area is 126 Å². The smallest absolute Gasteiger partial charge is 0.225 e. The Bertz CT molecular complexity index is 596. The third-order valence-electron chi connectivity index (χ3n) is 6.26. The van der Waals surface area contributed by atoms with Crippen LogP contribution in [-0.2, 0) is 0 Å². The van der Waals surface area contributed by atoms with Crippen LogP contribution in [0.25, 0.3) is 0 Å². The van der Waals surface area contributed by atoms with E-state index in [9.17, 15) is 0 Å². The molecular weight excluding hydrogens is 262 g/mol. The summed E-state index contributed by atoms with van der Waals surface area (Å²) >= 11 is 0. The van der Waals surface area contributed by atoms with Gasteiger partial charge in [-0.25, -0.2) is 4.98 Å². The first-order valence-corrected chi connectivity index (χ1v) is 7.74. The number of aromatic nitrogens is 1. The fraction of sp³-hybridized carbons (Fsp3) is 0.647. The molecule has 0 radical (unpaired) electrons. The predicted molar refractivity (Wildman–Crippen MR) is 83.6 cm³/mol. The minimum atomic E-state index is 0.0186. The number of pyridine rings is 1. The molecule has 0 aliphatic heterocycles. The summed E-state index contributed by atoms with van der Waals surface area (Å²) in [4.78, 5) is 4.48. The molecule has 0 aromatic carbocycles. The first-order valence-electron chi connectivity index (χ1n) is 7.74. The molecule has 3 unspecified atom stereocenters. The number of nitrogens with zero attached hydrogens (tertiary/aromatic N) is 1. The van der Waals surface area contributed by atoms with E-state index in [1.165, 1.54) is 12.8 Å². The van der Waals surface area contributed by atoms with E-state index in [0.717, 1.165) is 18.0 Å². The van der Waals surface area contributed by atoms with Crippen molar-refractivity contribution in [2.24, 2.45) is 22.5 Å². The van der Waals surface area contributed by atoms with Gasteiger partial charge in [0.15, 0.2) is 0 Å². The van der Waals surface area contributed by atoms with E-state index in [1.807, 2.05) is 19.1 Å². The van der Waals surface area contributed by atoms with Crippen molar-refractivity contribution in [2.45, 2.75) is 53.1 Å². The molecule has 2 bridgehead atoms. The van der Waals surface area contributed by atoms with Gasteiger partial charge in [0.25, 0.3) is 0 Å². The van der Waals surface area contributed by atoms with E-state index < -0.39 is 0 Å². The molecule has 3 atom stereocenters. The van der Waals surface area contributed by atoms with Crippen molar-refractivity contribution in [3.8, 4) is 5.88 Å². The standard InChI is InChI=1S/C17H25N3O/c1-10-5-6-12(14(18)19)15(20-10)21-13-9-11-7-8-17(13,4)16(11,2)3/h5-6,11,13H,7-9H2,1-4H3,(H3,18,19). The second-order valence-electron chi connectivity index (χ2n) is 7.44. The highest BCUT2D eigenvalue weighted by Crippen LogP contribution is 2.66. The second-order valence-corrected chi connectivity index (χ2v) is 7.44. The molecule has 1 aromatic heterocycles. The zero-order chi connectivity index (χ0) is 15.4. The summed E-state index contributed by atoms with van der Waals surface area (Å²) in [5, 5.41) is 7.71. The highest BCUT2D eigenvalue weighted by atomic mass is 16.5. The van der Waals surface area contributed by atoms with Gasteiger partial charge in [-0.05, 0) is 49.7 Å². The van der Waals surface area contributed by atoms with Crippen LogP contribution in [0.3, 0.4) is 0 Å². The Hall–Kier alpha value is -1.58.